The molecule has 5 heteroatoms. The van der Waals surface area contributed by atoms with Crippen LogP contribution in [0.25, 0.3) is 0 Å². The van der Waals surface area contributed by atoms with Gasteiger partial charge < -0.3 is 15.2 Å². The van der Waals surface area contributed by atoms with E-state index in [1.54, 1.807) is 17.4 Å². The van der Waals surface area contributed by atoms with Gasteiger partial charge in [0, 0.05) is 17.6 Å². The molecule has 2 aromatic rings. The fourth-order valence-corrected chi connectivity index (χ4v) is 2.78. The van der Waals surface area contributed by atoms with Gasteiger partial charge in [0.1, 0.15) is 18.5 Å². The number of halogens is 1. The summed E-state index contributed by atoms with van der Waals surface area (Å²) in [5.41, 5.74) is 2.20. The van der Waals surface area contributed by atoms with Gasteiger partial charge in [-0.1, -0.05) is 11.6 Å². The lowest BCUT2D eigenvalue weighted by Gasteiger charge is -2.17. The van der Waals surface area contributed by atoms with Crippen LogP contribution in [0.3, 0.4) is 0 Å². The number of hydrogen-bond acceptors (Lipinski definition) is 4. The van der Waals surface area contributed by atoms with Crippen LogP contribution in [0.15, 0.2) is 35.0 Å². The smallest absolute Gasteiger partial charge is 0.119 e. The van der Waals surface area contributed by atoms with E-state index >= 15 is 0 Å². The molecule has 2 atom stereocenters. The number of hydrogen-bond donors (Lipinski definition) is 2. The summed E-state index contributed by atoms with van der Waals surface area (Å²) in [4.78, 5) is 0. The van der Waals surface area contributed by atoms with Gasteiger partial charge in [-0.25, -0.2) is 0 Å². The summed E-state index contributed by atoms with van der Waals surface area (Å²) in [6, 6.07) is 7.79. The van der Waals surface area contributed by atoms with Crippen molar-refractivity contribution in [2.24, 2.45) is 0 Å². The van der Waals surface area contributed by atoms with Crippen LogP contribution < -0.4 is 10.1 Å². The molecule has 0 saturated heterocycles. The Hall–Kier alpha value is -1.07. The monoisotopic (exact) mass is 325 g/mol. The van der Waals surface area contributed by atoms with Crippen molar-refractivity contribution in [3.8, 4) is 5.75 Å². The number of thiophene rings is 1. The largest absolute Gasteiger partial charge is 0.491 e. The van der Waals surface area contributed by atoms with Crippen molar-refractivity contribution in [3.63, 3.8) is 0 Å². The van der Waals surface area contributed by atoms with Crippen molar-refractivity contribution in [1.82, 2.24) is 5.32 Å². The first-order valence-corrected chi connectivity index (χ1v) is 8.21. The van der Waals surface area contributed by atoms with Gasteiger partial charge in [-0.3, -0.25) is 0 Å². The SMILES string of the molecule is Cc1cc(OCC(O)CNC(C)c2ccsc2)ccc1Cl. The average molecular weight is 326 g/mol. The first kappa shape index (κ1) is 16.3. The molecule has 1 aromatic heterocycles. The molecule has 0 fully saturated rings. The molecule has 21 heavy (non-hydrogen) atoms. The van der Waals surface area contributed by atoms with E-state index in [9.17, 15) is 5.11 Å². The molecule has 0 saturated carbocycles. The minimum Gasteiger partial charge on any atom is -0.491 e. The molecule has 3 nitrogen and oxygen atoms in total. The maximum absolute atomic E-state index is 9.97. The Kier molecular flexibility index (Phi) is 6.06. The highest BCUT2D eigenvalue weighted by Crippen LogP contribution is 2.21. The third-order valence-electron chi connectivity index (χ3n) is 3.27. The molecule has 0 spiro atoms. The van der Waals surface area contributed by atoms with Gasteiger partial charge in [0.25, 0.3) is 0 Å². The van der Waals surface area contributed by atoms with Crippen LogP contribution >= 0.6 is 22.9 Å². The van der Waals surface area contributed by atoms with Crippen molar-refractivity contribution in [3.05, 3.63) is 51.2 Å². The third-order valence-corrected chi connectivity index (χ3v) is 4.40. The Morgan fingerprint density at radius 1 is 1.38 bits per heavy atom. The number of aliphatic hydroxyl groups is 1. The predicted molar refractivity (Wildman–Crippen MR) is 88.4 cm³/mol. The lowest BCUT2D eigenvalue weighted by molar-refractivity contribution is 0.104. The van der Waals surface area contributed by atoms with Crippen LogP contribution in [-0.2, 0) is 0 Å². The van der Waals surface area contributed by atoms with Gasteiger partial charge in [0.05, 0.1) is 0 Å². The van der Waals surface area contributed by atoms with E-state index in [1.807, 2.05) is 19.1 Å². The molecule has 0 bridgehead atoms. The highest BCUT2D eigenvalue weighted by Gasteiger charge is 2.10. The minimum atomic E-state index is -0.554. The van der Waals surface area contributed by atoms with Crippen LogP contribution in [0.1, 0.15) is 24.1 Å². The number of aryl methyl sites for hydroxylation is 1. The van der Waals surface area contributed by atoms with Gasteiger partial charge >= 0.3 is 0 Å². The van der Waals surface area contributed by atoms with E-state index < -0.39 is 6.10 Å². The Labute approximate surface area is 134 Å². The molecule has 0 aliphatic rings. The van der Waals surface area contributed by atoms with Gasteiger partial charge in [0.15, 0.2) is 0 Å². The lowest BCUT2D eigenvalue weighted by Crippen LogP contribution is -2.32. The summed E-state index contributed by atoms with van der Waals surface area (Å²) in [5.74, 6) is 0.724. The third kappa shape index (κ3) is 5.00. The summed E-state index contributed by atoms with van der Waals surface area (Å²) >= 11 is 7.64. The molecular formula is C16H20ClNO2S. The molecule has 0 aliphatic carbocycles. The van der Waals surface area contributed by atoms with E-state index in [4.69, 9.17) is 16.3 Å². The first-order valence-electron chi connectivity index (χ1n) is 6.88. The molecule has 0 amide bonds. The number of ether oxygens (including phenoxy) is 1. The normalized spacial score (nSPS) is 13.9. The molecule has 2 rings (SSSR count). The topological polar surface area (TPSA) is 41.5 Å². The van der Waals surface area contributed by atoms with Crippen molar-refractivity contribution >= 4 is 22.9 Å². The molecule has 2 N–H and O–H groups in total. The first-order chi connectivity index (χ1) is 10.1. The van der Waals surface area contributed by atoms with E-state index in [0.717, 1.165) is 11.3 Å². The molecule has 2 unspecified atom stereocenters. The standard InChI is InChI=1S/C16H20ClNO2S/c1-11-7-15(3-4-16(11)17)20-9-14(19)8-18-12(2)13-5-6-21-10-13/h3-7,10,12,14,18-19H,8-9H2,1-2H3. The Balaban J connectivity index is 1.74. The van der Waals surface area contributed by atoms with Crippen LogP contribution in [-0.4, -0.2) is 24.4 Å². The van der Waals surface area contributed by atoms with Crippen molar-refractivity contribution < 1.29 is 9.84 Å². The van der Waals surface area contributed by atoms with Gasteiger partial charge in [-0.15, -0.1) is 0 Å². The van der Waals surface area contributed by atoms with Gasteiger partial charge in [-0.2, -0.15) is 11.3 Å². The van der Waals surface area contributed by atoms with Crippen LogP contribution in [0, 0.1) is 6.92 Å². The lowest BCUT2D eigenvalue weighted by atomic mass is 10.2. The van der Waals surface area contributed by atoms with Crippen molar-refractivity contribution in [1.29, 1.82) is 0 Å². The molecule has 114 valence electrons. The summed E-state index contributed by atoms with van der Waals surface area (Å²) < 4.78 is 5.58. The zero-order valence-electron chi connectivity index (χ0n) is 12.2. The second kappa shape index (κ2) is 7.80. The van der Waals surface area contributed by atoms with Crippen LogP contribution in [0.2, 0.25) is 5.02 Å². The maximum atomic E-state index is 9.97. The summed E-state index contributed by atoms with van der Waals surface area (Å²) in [6.07, 6.45) is -0.554. The molecule has 1 heterocycles. The quantitative estimate of drug-likeness (QED) is 0.813. The van der Waals surface area contributed by atoms with Crippen molar-refractivity contribution in [2.75, 3.05) is 13.2 Å². The fourth-order valence-electron chi connectivity index (χ4n) is 1.91. The molecular weight excluding hydrogens is 306 g/mol. The predicted octanol–water partition coefficient (Wildman–Crippen LogP) is 3.80. The Bertz CT molecular complexity index is 559. The zero-order valence-corrected chi connectivity index (χ0v) is 13.7. The highest BCUT2D eigenvalue weighted by molar-refractivity contribution is 7.07. The van der Waals surface area contributed by atoms with Gasteiger partial charge in [0.2, 0.25) is 0 Å². The van der Waals surface area contributed by atoms with E-state index in [1.165, 1.54) is 5.56 Å². The number of aliphatic hydroxyl groups excluding tert-OH is 1. The molecule has 0 aliphatic heterocycles. The van der Waals surface area contributed by atoms with Crippen molar-refractivity contribution in [2.45, 2.75) is 26.0 Å². The Morgan fingerprint density at radius 2 is 2.19 bits per heavy atom. The Morgan fingerprint density at radius 3 is 2.86 bits per heavy atom. The number of nitrogens with one attached hydrogen (secondary N) is 1. The van der Waals surface area contributed by atoms with E-state index in [-0.39, 0.29) is 12.6 Å². The van der Waals surface area contributed by atoms with E-state index in [0.29, 0.717) is 11.6 Å². The second-order valence-electron chi connectivity index (χ2n) is 5.06. The van der Waals surface area contributed by atoms with Crippen LogP contribution in [0.4, 0.5) is 0 Å². The maximum Gasteiger partial charge on any atom is 0.119 e. The summed E-state index contributed by atoms with van der Waals surface area (Å²) in [5, 5.41) is 18.1. The highest BCUT2D eigenvalue weighted by atomic mass is 35.5. The van der Waals surface area contributed by atoms with Crippen LogP contribution in [0.5, 0.6) is 5.75 Å². The second-order valence-corrected chi connectivity index (χ2v) is 6.25. The minimum absolute atomic E-state index is 0.226. The fraction of sp³-hybridized carbons (Fsp3) is 0.375. The number of rotatable bonds is 7. The summed E-state index contributed by atoms with van der Waals surface area (Å²) in [6.45, 7) is 4.75. The average Bonchev–Trinajstić information content (AvgIpc) is 3.00. The van der Waals surface area contributed by atoms with E-state index in [2.05, 4.69) is 29.1 Å². The molecule has 0 radical (unpaired) electrons. The van der Waals surface area contributed by atoms with Gasteiger partial charge in [-0.05, 0) is 60.0 Å². The summed E-state index contributed by atoms with van der Waals surface area (Å²) in [7, 11) is 0. The number of benzene rings is 1. The molecule has 1 aromatic carbocycles. The zero-order chi connectivity index (χ0) is 15.2.